The molecule has 1 aliphatic rings. The van der Waals surface area contributed by atoms with Crippen LogP contribution in [0.15, 0.2) is 47.6 Å². The van der Waals surface area contributed by atoms with Crippen LogP contribution < -0.4 is 10.5 Å². The van der Waals surface area contributed by atoms with Gasteiger partial charge >= 0.3 is 6.09 Å². The minimum atomic E-state index is -3.84. The van der Waals surface area contributed by atoms with Crippen LogP contribution in [0.4, 0.5) is 4.79 Å². The van der Waals surface area contributed by atoms with Gasteiger partial charge in [0.15, 0.2) is 11.3 Å². The molecular formula is C22H26N7O6S2-. The third-order valence-corrected chi connectivity index (χ3v) is 8.20. The van der Waals surface area contributed by atoms with Crippen molar-refractivity contribution in [2.45, 2.75) is 50.0 Å². The number of hydrogen-bond donors (Lipinski definition) is 3. The Morgan fingerprint density at radius 1 is 1.24 bits per heavy atom. The lowest BCUT2D eigenvalue weighted by atomic mass is 9.93. The molecule has 5 rings (SSSR count). The van der Waals surface area contributed by atoms with E-state index in [1.165, 1.54) is 16.4 Å². The maximum atomic E-state index is 13.3. The van der Waals surface area contributed by atoms with Crippen LogP contribution in [-0.4, -0.2) is 58.0 Å². The first-order valence-electron chi connectivity index (χ1n) is 11.4. The third kappa shape index (κ3) is 5.34. The Kier molecular flexibility index (Phi) is 7.59. The van der Waals surface area contributed by atoms with Crippen LogP contribution in [-0.2, 0) is 21.3 Å². The number of rotatable bonds is 5. The van der Waals surface area contributed by atoms with Crippen molar-refractivity contribution in [3.63, 3.8) is 0 Å². The molecule has 37 heavy (non-hydrogen) atoms. The molecule has 0 radical (unpaired) electrons. The van der Waals surface area contributed by atoms with E-state index in [-0.39, 0.29) is 28.4 Å². The normalized spacial score (nSPS) is 20.5. The average molecular weight is 549 g/mol. The average Bonchev–Trinajstić information content (AvgIpc) is 3.54. The van der Waals surface area contributed by atoms with Crippen molar-refractivity contribution in [3.05, 3.63) is 54.1 Å². The maximum Gasteiger partial charge on any atom is 0.404 e. The zero-order valence-electron chi connectivity index (χ0n) is 20.0. The van der Waals surface area contributed by atoms with Crippen molar-refractivity contribution in [1.29, 1.82) is 0 Å². The fourth-order valence-corrected chi connectivity index (χ4v) is 6.19. The molecule has 1 aliphatic carbocycles. The van der Waals surface area contributed by atoms with Gasteiger partial charge in [-0.05, 0) is 43.9 Å². The summed E-state index contributed by atoms with van der Waals surface area (Å²) in [6.45, 7) is 3.97. The summed E-state index contributed by atoms with van der Waals surface area (Å²) >= 11 is -2.36. The summed E-state index contributed by atoms with van der Waals surface area (Å²) in [6, 6.07) is 8.23. The quantitative estimate of drug-likeness (QED) is 0.312. The second-order valence-electron chi connectivity index (χ2n) is 8.80. The minimum Gasteiger partial charge on any atom is -0.760 e. The van der Waals surface area contributed by atoms with Gasteiger partial charge in [0.05, 0.1) is 16.6 Å². The predicted molar refractivity (Wildman–Crippen MR) is 134 cm³/mol. The molecule has 198 valence electrons. The van der Waals surface area contributed by atoms with E-state index in [9.17, 15) is 13.2 Å². The van der Waals surface area contributed by atoms with Crippen LogP contribution >= 0.6 is 0 Å². The topological polar surface area (TPSA) is 198 Å². The molecule has 1 fully saturated rings. The first-order valence-corrected chi connectivity index (χ1v) is 14.0. The van der Waals surface area contributed by atoms with Crippen molar-refractivity contribution < 1.29 is 27.1 Å². The molecule has 0 aliphatic heterocycles. The molecule has 4 aromatic rings. The second kappa shape index (κ2) is 10.5. The zero-order valence-corrected chi connectivity index (χ0v) is 21.6. The summed E-state index contributed by atoms with van der Waals surface area (Å²) in [4.78, 5) is 15.7. The highest BCUT2D eigenvalue weighted by Crippen LogP contribution is 2.41. The number of fused-ring (bicyclic) bond motifs is 3. The van der Waals surface area contributed by atoms with Gasteiger partial charge in [0, 0.05) is 29.4 Å². The van der Waals surface area contributed by atoms with E-state index in [0.717, 1.165) is 18.4 Å². The summed E-state index contributed by atoms with van der Waals surface area (Å²) in [5, 5.41) is 24.4. The molecule has 1 saturated carbocycles. The zero-order chi connectivity index (χ0) is 26.9. The Hall–Kier alpha value is -3.40. The number of hydrogen-bond acceptors (Lipinski definition) is 8. The van der Waals surface area contributed by atoms with Gasteiger partial charge in [-0.2, -0.15) is 0 Å². The summed E-state index contributed by atoms with van der Waals surface area (Å²) in [5.74, 6) is 0.921. The number of nitrogens with zero attached hydrogens (tertiary/aromatic N) is 5. The van der Waals surface area contributed by atoms with E-state index >= 15 is 0 Å². The molecule has 4 N–H and O–H groups in total. The first-order chi connectivity index (χ1) is 17.5. The number of carbonyl (C=O) groups is 1. The Bertz CT molecular complexity index is 1560. The van der Waals surface area contributed by atoms with Crippen molar-refractivity contribution in [2.24, 2.45) is 11.1 Å². The molecule has 15 heteroatoms. The van der Waals surface area contributed by atoms with Gasteiger partial charge in [-0.25, -0.2) is 22.2 Å². The standard InChI is InChI=1S/C22H24N6O4S.H3NO2S/c1-3-14-10-15(24-22(29)30)11-17(14)20-26-25-19-12-23-21-18(28(19)20)8-9-27(21)33(31,32)16-6-4-13(2)5-7-16;1-4(2)3/h4-9,12,14-15,17,24H,3,10-11H2,1-2H3,(H,29,30);1H2,(H,2,3)/p-1. The van der Waals surface area contributed by atoms with Crippen LogP contribution in [0.1, 0.15) is 43.5 Å². The van der Waals surface area contributed by atoms with E-state index < -0.39 is 27.4 Å². The van der Waals surface area contributed by atoms with E-state index in [0.29, 0.717) is 23.4 Å². The number of amides is 1. The van der Waals surface area contributed by atoms with Gasteiger partial charge in [0.2, 0.25) is 0 Å². The highest BCUT2D eigenvalue weighted by atomic mass is 32.2. The monoisotopic (exact) mass is 548 g/mol. The fourth-order valence-electron chi connectivity index (χ4n) is 4.89. The first kappa shape index (κ1) is 26.7. The molecule has 3 heterocycles. The van der Waals surface area contributed by atoms with Gasteiger partial charge in [-0.15, -0.1) is 10.2 Å². The number of nitrogens with two attached hydrogens (primary N) is 1. The molecule has 0 spiro atoms. The second-order valence-corrected chi connectivity index (χ2v) is 11.1. The van der Waals surface area contributed by atoms with Crippen molar-refractivity contribution in [3.8, 4) is 0 Å². The summed E-state index contributed by atoms with van der Waals surface area (Å²) < 4.78 is 47.2. The van der Waals surface area contributed by atoms with E-state index in [4.69, 9.17) is 13.9 Å². The number of benzene rings is 1. The molecule has 0 bridgehead atoms. The summed E-state index contributed by atoms with van der Waals surface area (Å²) in [5.41, 5.74) is 2.37. The largest absolute Gasteiger partial charge is 0.760 e. The fraction of sp³-hybridized carbons (Fsp3) is 0.364. The Morgan fingerprint density at radius 2 is 1.92 bits per heavy atom. The summed E-state index contributed by atoms with van der Waals surface area (Å²) in [7, 11) is -3.84. The minimum absolute atomic E-state index is 0.00972. The van der Waals surface area contributed by atoms with Crippen LogP contribution in [0.3, 0.4) is 0 Å². The van der Waals surface area contributed by atoms with Crippen LogP contribution in [0.25, 0.3) is 16.8 Å². The lowest BCUT2D eigenvalue weighted by Crippen LogP contribution is -2.31. The van der Waals surface area contributed by atoms with Gasteiger partial charge in [-0.1, -0.05) is 31.0 Å². The maximum absolute atomic E-state index is 13.3. The molecule has 4 unspecified atom stereocenters. The van der Waals surface area contributed by atoms with Gasteiger partial charge < -0.3 is 15.0 Å². The Labute approximate surface area is 215 Å². The molecular weight excluding hydrogens is 522 g/mol. The highest BCUT2D eigenvalue weighted by Gasteiger charge is 2.38. The molecule has 1 aromatic carbocycles. The van der Waals surface area contributed by atoms with E-state index in [1.54, 1.807) is 30.3 Å². The lowest BCUT2D eigenvalue weighted by Gasteiger charge is -2.16. The molecule has 1 amide bonds. The van der Waals surface area contributed by atoms with E-state index in [2.05, 4.69) is 32.6 Å². The van der Waals surface area contributed by atoms with Crippen LogP contribution in [0.5, 0.6) is 0 Å². The highest BCUT2D eigenvalue weighted by molar-refractivity contribution is 7.90. The third-order valence-electron chi connectivity index (χ3n) is 6.52. The SMILES string of the molecule is CCC1CC(NC(=O)O)CC1c1nnc2cnc3c(ccn3S(=O)(=O)c3ccc(C)cc3)n12.NS(=O)[O-]. The molecule has 4 atom stereocenters. The van der Waals surface area contributed by atoms with Crippen LogP contribution in [0, 0.1) is 12.8 Å². The Balaban J connectivity index is 0.000000747. The van der Waals surface area contributed by atoms with Crippen LogP contribution in [0.2, 0.25) is 0 Å². The van der Waals surface area contributed by atoms with Gasteiger partial charge in [0.25, 0.3) is 10.0 Å². The molecule has 3 aromatic heterocycles. The van der Waals surface area contributed by atoms with Crippen molar-refractivity contribution >= 4 is 44.2 Å². The number of aromatic nitrogens is 5. The molecule has 0 saturated heterocycles. The van der Waals surface area contributed by atoms with Gasteiger partial charge in [0.1, 0.15) is 5.82 Å². The lowest BCUT2D eigenvalue weighted by molar-refractivity contribution is 0.189. The number of aryl methyl sites for hydroxylation is 1. The van der Waals surface area contributed by atoms with Crippen molar-refractivity contribution in [2.75, 3.05) is 0 Å². The number of carboxylic acid groups (broad SMARTS) is 1. The van der Waals surface area contributed by atoms with E-state index in [1.807, 2.05) is 11.3 Å². The summed E-state index contributed by atoms with van der Waals surface area (Å²) in [6.07, 6.45) is 4.18. The smallest absolute Gasteiger partial charge is 0.404 e. The van der Waals surface area contributed by atoms with Gasteiger partial charge in [-0.3, -0.25) is 13.7 Å². The number of nitrogens with one attached hydrogen (secondary N) is 1. The van der Waals surface area contributed by atoms with Crippen molar-refractivity contribution in [1.82, 2.24) is 28.9 Å². The molecule has 13 nitrogen and oxygen atoms in total. The predicted octanol–water partition coefficient (Wildman–Crippen LogP) is 1.90. The Morgan fingerprint density at radius 3 is 2.54 bits per heavy atom.